The van der Waals surface area contributed by atoms with Crippen LogP contribution in [0.25, 0.3) is 0 Å². The molecule has 16 heavy (non-hydrogen) atoms. The number of nitrogens with zero attached hydrogens (tertiary/aromatic N) is 1. The summed E-state index contributed by atoms with van der Waals surface area (Å²) in [7, 11) is 0. The monoisotopic (exact) mass is 348 g/mol. The summed E-state index contributed by atoms with van der Waals surface area (Å²) in [6.07, 6.45) is 0. The number of anilines is 1. The lowest BCUT2D eigenvalue weighted by Crippen LogP contribution is -2.34. The summed E-state index contributed by atoms with van der Waals surface area (Å²) in [5.74, 6) is 0. The maximum Gasteiger partial charge on any atom is 0.321 e. The largest absolute Gasteiger partial charge is 0.325 e. The first-order valence-corrected chi connectivity index (χ1v) is 6.68. The van der Waals surface area contributed by atoms with Crippen molar-refractivity contribution < 1.29 is 4.79 Å². The molecule has 0 fully saturated rings. The third-order valence-electron chi connectivity index (χ3n) is 2.22. The Hall–Kier alpha value is -0.550. The zero-order valence-corrected chi connectivity index (χ0v) is 12.4. The van der Waals surface area contributed by atoms with Gasteiger partial charge in [-0.25, -0.2) is 4.79 Å². The number of rotatable bonds is 3. The van der Waals surface area contributed by atoms with Crippen LogP contribution in [0, 0.1) is 0 Å². The number of hydrogen-bond donors (Lipinski definition) is 1. The van der Waals surface area contributed by atoms with Crippen LogP contribution in [0.2, 0.25) is 0 Å². The van der Waals surface area contributed by atoms with Crippen LogP contribution in [0.1, 0.15) is 13.8 Å². The summed E-state index contributed by atoms with van der Waals surface area (Å²) in [5.41, 5.74) is 0.770. The highest BCUT2D eigenvalue weighted by Crippen LogP contribution is 2.26. The normalized spacial score (nSPS) is 10.0. The fourth-order valence-electron chi connectivity index (χ4n) is 1.30. The van der Waals surface area contributed by atoms with Gasteiger partial charge < -0.3 is 10.2 Å². The van der Waals surface area contributed by atoms with E-state index in [1.165, 1.54) is 0 Å². The van der Waals surface area contributed by atoms with Crippen molar-refractivity contribution in [1.82, 2.24) is 4.90 Å². The predicted molar refractivity (Wildman–Crippen MR) is 73.8 cm³/mol. The summed E-state index contributed by atoms with van der Waals surface area (Å²) in [6, 6.07) is 5.59. The van der Waals surface area contributed by atoms with Crippen LogP contribution in [0.4, 0.5) is 10.5 Å². The molecular formula is C11H14Br2N2O. The molecular weight excluding hydrogens is 336 g/mol. The van der Waals surface area contributed by atoms with E-state index in [0.29, 0.717) is 13.1 Å². The Morgan fingerprint density at radius 1 is 1.31 bits per heavy atom. The van der Waals surface area contributed by atoms with E-state index in [2.05, 4.69) is 37.2 Å². The third kappa shape index (κ3) is 3.49. The standard InChI is InChI=1S/C11H14Br2N2O/c1-3-15(4-2)11(16)14-10-7-8(12)5-6-9(10)13/h5-7H,3-4H2,1-2H3,(H,14,16). The van der Waals surface area contributed by atoms with Crippen LogP contribution in [0.5, 0.6) is 0 Å². The Bertz CT molecular complexity index is 378. The molecule has 0 saturated carbocycles. The third-order valence-corrected chi connectivity index (χ3v) is 3.41. The molecule has 5 heteroatoms. The first kappa shape index (κ1) is 13.5. The van der Waals surface area contributed by atoms with Crippen molar-refractivity contribution in [3.63, 3.8) is 0 Å². The molecule has 0 bridgehead atoms. The predicted octanol–water partition coefficient (Wildman–Crippen LogP) is 4.09. The second kappa shape index (κ2) is 6.25. The van der Waals surface area contributed by atoms with Crippen molar-refractivity contribution in [2.24, 2.45) is 0 Å². The second-order valence-corrected chi connectivity index (χ2v) is 5.00. The van der Waals surface area contributed by atoms with Gasteiger partial charge >= 0.3 is 6.03 Å². The summed E-state index contributed by atoms with van der Waals surface area (Å²) < 4.78 is 1.81. The Morgan fingerprint density at radius 3 is 2.50 bits per heavy atom. The van der Waals surface area contributed by atoms with Gasteiger partial charge in [-0.2, -0.15) is 0 Å². The minimum atomic E-state index is -0.0798. The zero-order valence-electron chi connectivity index (χ0n) is 9.26. The number of urea groups is 1. The number of benzene rings is 1. The Labute approximate surface area is 112 Å². The topological polar surface area (TPSA) is 32.3 Å². The summed E-state index contributed by atoms with van der Waals surface area (Å²) in [6.45, 7) is 5.32. The van der Waals surface area contributed by atoms with Gasteiger partial charge in [-0.15, -0.1) is 0 Å². The van der Waals surface area contributed by atoms with Crippen LogP contribution in [0.3, 0.4) is 0 Å². The fraction of sp³-hybridized carbons (Fsp3) is 0.364. The van der Waals surface area contributed by atoms with E-state index < -0.39 is 0 Å². The van der Waals surface area contributed by atoms with Gasteiger partial charge in [0.1, 0.15) is 0 Å². The lowest BCUT2D eigenvalue weighted by atomic mass is 10.3. The van der Waals surface area contributed by atoms with Crippen molar-refractivity contribution in [3.05, 3.63) is 27.1 Å². The van der Waals surface area contributed by atoms with E-state index in [-0.39, 0.29) is 6.03 Å². The molecule has 1 aromatic rings. The highest BCUT2D eigenvalue weighted by Gasteiger charge is 2.11. The lowest BCUT2D eigenvalue weighted by Gasteiger charge is -2.19. The highest BCUT2D eigenvalue weighted by atomic mass is 79.9. The molecule has 0 unspecified atom stereocenters. The molecule has 88 valence electrons. The molecule has 1 rings (SSSR count). The number of nitrogens with one attached hydrogen (secondary N) is 1. The molecule has 0 saturated heterocycles. The number of carbonyl (C=O) groups excluding carboxylic acids is 1. The van der Waals surface area contributed by atoms with Crippen LogP contribution in [-0.2, 0) is 0 Å². The molecule has 0 spiro atoms. The van der Waals surface area contributed by atoms with Crippen LogP contribution < -0.4 is 5.32 Å². The van der Waals surface area contributed by atoms with E-state index in [0.717, 1.165) is 14.6 Å². The lowest BCUT2D eigenvalue weighted by molar-refractivity contribution is 0.217. The maximum atomic E-state index is 11.8. The molecule has 0 aliphatic carbocycles. The Balaban J connectivity index is 2.80. The smallest absolute Gasteiger partial charge is 0.321 e. The van der Waals surface area contributed by atoms with E-state index in [4.69, 9.17) is 0 Å². The van der Waals surface area contributed by atoms with Crippen molar-refractivity contribution in [1.29, 1.82) is 0 Å². The summed E-state index contributed by atoms with van der Waals surface area (Å²) in [4.78, 5) is 13.5. The van der Waals surface area contributed by atoms with Gasteiger partial charge in [-0.1, -0.05) is 15.9 Å². The molecule has 0 atom stereocenters. The number of amides is 2. The number of hydrogen-bond acceptors (Lipinski definition) is 1. The van der Waals surface area contributed by atoms with Gasteiger partial charge in [0.05, 0.1) is 5.69 Å². The Kier molecular flexibility index (Phi) is 5.28. The van der Waals surface area contributed by atoms with Gasteiger partial charge in [0.2, 0.25) is 0 Å². The van der Waals surface area contributed by atoms with Gasteiger partial charge in [0.15, 0.2) is 0 Å². The van der Waals surface area contributed by atoms with E-state index in [1.54, 1.807) is 4.90 Å². The number of carbonyl (C=O) groups is 1. The Morgan fingerprint density at radius 2 is 1.94 bits per heavy atom. The van der Waals surface area contributed by atoms with Crippen molar-refractivity contribution >= 4 is 43.6 Å². The average molecular weight is 350 g/mol. The van der Waals surface area contributed by atoms with Gasteiger partial charge in [0, 0.05) is 22.0 Å². The minimum Gasteiger partial charge on any atom is -0.325 e. The van der Waals surface area contributed by atoms with Gasteiger partial charge in [-0.05, 0) is 48.0 Å². The van der Waals surface area contributed by atoms with Crippen LogP contribution in [-0.4, -0.2) is 24.0 Å². The number of halogens is 2. The van der Waals surface area contributed by atoms with E-state index in [1.807, 2.05) is 32.0 Å². The van der Waals surface area contributed by atoms with E-state index >= 15 is 0 Å². The van der Waals surface area contributed by atoms with Crippen LogP contribution >= 0.6 is 31.9 Å². The molecule has 1 N–H and O–H groups in total. The molecule has 1 aromatic carbocycles. The van der Waals surface area contributed by atoms with Gasteiger partial charge in [0.25, 0.3) is 0 Å². The van der Waals surface area contributed by atoms with Crippen molar-refractivity contribution in [2.75, 3.05) is 18.4 Å². The van der Waals surface area contributed by atoms with Gasteiger partial charge in [-0.3, -0.25) is 0 Å². The summed E-state index contributed by atoms with van der Waals surface area (Å²) in [5, 5.41) is 2.86. The fourth-order valence-corrected chi connectivity index (χ4v) is 2.01. The molecule has 0 aliphatic heterocycles. The highest BCUT2D eigenvalue weighted by molar-refractivity contribution is 9.11. The average Bonchev–Trinajstić information content (AvgIpc) is 2.25. The van der Waals surface area contributed by atoms with Crippen molar-refractivity contribution in [3.8, 4) is 0 Å². The molecule has 0 aromatic heterocycles. The molecule has 0 aliphatic rings. The van der Waals surface area contributed by atoms with Crippen LogP contribution in [0.15, 0.2) is 27.1 Å². The first-order valence-electron chi connectivity index (χ1n) is 5.09. The molecule has 0 heterocycles. The summed E-state index contributed by atoms with van der Waals surface area (Å²) >= 11 is 6.77. The molecule has 3 nitrogen and oxygen atoms in total. The SMILES string of the molecule is CCN(CC)C(=O)Nc1cc(Br)ccc1Br. The zero-order chi connectivity index (χ0) is 12.1. The quantitative estimate of drug-likeness (QED) is 0.875. The minimum absolute atomic E-state index is 0.0798. The first-order chi connectivity index (χ1) is 7.58. The maximum absolute atomic E-state index is 11.8. The molecule has 0 radical (unpaired) electrons. The molecule has 2 amide bonds. The van der Waals surface area contributed by atoms with Crippen molar-refractivity contribution in [2.45, 2.75) is 13.8 Å². The van der Waals surface area contributed by atoms with E-state index in [9.17, 15) is 4.79 Å². The second-order valence-electron chi connectivity index (χ2n) is 3.23.